The second kappa shape index (κ2) is 6.80. The Morgan fingerprint density at radius 2 is 1.86 bits per heavy atom. The Hall–Kier alpha value is -2.48. The first-order chi connectivity index (χ1) is 10.0. The van der Waals surface area contributed by atoms with Crippen LogP contribution in [-0.2, 0) is 4.79 Å². The van der Waals surface area contributed by atoms with Gasteiger partial charge in [0, 0.05) is 29.6 Å². The molecule has 110 valence electrons. The zero-order valence-corrected chi connectivity index (χ0v) is 12.1. The van der Waals surface area contributed by atoms with E-state index in [1.165, 1.54) is 17.8 Å². The van der Waals surface area contributed by atoms with Crippen molar-refractivity contribution in [3.05, 3.63) is 30.3 Å². The van der Waals surface area contributed by atoms with E-state index in [1.54, 1.807) is 24.3 Å². The molecule has 7 nitrogen and oxygen atoms in total. The summed E-state index contributed by atoms with van der Waals surface area (Å²) in [5, 5.41) is 3.23. The van der Waals surface area contributed by atoms with Crippen LogP contribution < -0.4 is 22.5 Å². The molecular formula is C13H16N6OS. The van der Waals surface area contributed by atoms with E-state index in [0.717, 1.165) is 0 Å². The number of amides is 1. The molecule has 1 aromatic heterocycles. The molecule has 1 amide bonds. The van der Waals surface area contributed by atoms with Crippen LogP contribution in [0.5, 0.6) is 0 Å². The van der Waals surface area contributed by atoms with Crippen LogP contribution in [0.15, 0.2) is 35.5 Å². The molecule has 0 radical (unpaired) electrons. The average molecular weight is 304 g/mol. The largest absolute Gasteiger partial charge is 0.399 e. The van der Waals surface area contributed by atoms with E-state index in [0.29, 0.717) is 40.3 Å². The number of hydrogen-bond acceptors (Lipinski definition) is 7. The number of nitrogens with zero attached hydrogens (tertiary/aromatic N) is 2. The van der Waals surface area contributed by atoms with Crippen LogP contribution in [0.4, 0.5) is 23.0 Å². The molecule has 2 aromatic rings. The highest BCUT2D eigenvalue weighted by Crippen LogP contribution is 2.18. The number of anilines is 4. The maximum absolute atomic E-state index is 11.8. The van der Waals surface area contributed by atoms with Gasteiger partial charge in [0.1, 0.15) is 11.6 Å². The molecule has 0 unspecified atom stereocenters. The first-order valence-electron chi connectivity index (χ1n) is 6.21. The number of carbonyl (C=O) groups excluding carboxylic acids is 1. The third kappa shape index (κ3) is 4.84. The summed E-state index contributed by atoms with van der Waals surface area (Å²) in [4.78, 5) is 19.8. The summed E-state index contributed by atoms with van der Waals surface area (Å²) in [6.45, 7) is 0. The van der Waals surface area contributed by atoms with Crippen molar-refractivity contribution >= 4 is 40.7 Å². The lowest BCUT2D eigenvalue weighted by molar-refractivity contribution is -0.115. The number of aromatic nitrogens is 2. The lowest BCUT2D eigenvalue weighted by Crippen LogP contribution is -2.12. The number of nitrogen functional groups attached to an aromatic ring is 3. The summed E-state index contributed by atoms with van der Waals surface area (Å²) in [6, 6.07) is 8.50. The zero-order valence-electron chi connectivity index (χ0n) is 11.2. The van der Waals surface area contributed by atoms with Gasteiger partial charge < -0.3 is 22.5 Å². The lowest BCUT2D eigenvalue weighted by Gasteiger charge is -2.06. The summed E-state index contributed by atoms with van der Waals surface area (Å²) in [7, 11) is 0. The van der Waals surface area contributed by atoms with Gasteiger partial charge in [0.25, 0.3) is 0 Å². The summed E-state index contributed by atoms with van der Waals surface area (Å²) in [5.41, 5.74) is 18.1. The van der Waals surface area contributed by atoms with Crippen molar-refractivity contribution in [3.63, 3.8) is 0 Å². The number of thioether (sulfide) groups is 1. The minimum Gasteiger partial charge on any atom is -0.399 e. The molecule has 0 aliphatic rings. The Balaban J connectivity index is 1.81. The van der Waals surface area contributed by atoms with Crippen LogP contribution in [0.1, 0.15) is 6.42 Å². The number of rotatable bonds is 5. The van der Waals surface area contributed by atoms with Gasteiger partial charge in [0.05, 0.1) is 0 Å². The van der Waals surface area contributed by atoms with Crippen LogP contribution in [0, 0.1) is 0 Å². The molecule has 21 heavy (non-hydrogen) atoms. The Labute approximate surface area is 126 Å². The molecule has 7 N–H and O–H groups in total. The fourth-order valence-electron chi connectivity index (χ4n) is 1.60. The van der Waals surface area contributed by atoms with E-state index < -0.39 is 0 Å². The fraction of sp³-hybridized carbons (Fsp3) is 0.154. The molecule has 8 heteroatoms. The zero-order chi connectivity index (χ0) is 15.2. The summed E-state index contributed by atoms with van der Waals surface area (Å²) in [5.74, 6) is 1.05. The van der Waals surface area contributed by atoms with Gasteiger partial charge in [-0.05, 0) is 18.2 Å². The van der Waals surface area contributed by atoms with E-state index in [4.69, 9.17) is 17.2 Å². The summed E-state index contributed by atoms with van der Waals surface area (Å²) >= 11 is 1.32. The second-order valence-corrected chi connectivity index (χ2v) is 5.33. The minimum absolute atomic E-state index is 0.107. The third-order valence-corrected chi connectivity index (χ3v) is 3.32. The van der Waals surface area contributed by atoms with Crippen LogP contribution in [0.25, 0.3) is 0 Å². The Morgan fingerprint density at radius 1 is 1.14 bits per heavy atom. The van der Waals surface area contributed by atoms with Crippen molar-refractivity contribution in [2.75, 3.05) is 28.3 Å². The molecule has 0 bridgehead atoms. The van der Waals surface area contributed by atoms with Crippen molar-refractivity contribution in [1.29, 1.82) is 0 Å². The molecule has 0 spiro atoms. The van der Waals surface area contributed by atoms with E-state index in [-0.39, 0.29) is 5.91 Å². The highest BCUT2D eigenvalue weighted by atomic mass is 32.2. The van der Waals surface area contributed by atoms with Crippen molar-refractivity contribution in [1.82, 2.24) is 9.97 Å². The normalized spacial score (nSPS) is 10.3. The predicted octanol–water partition coefficient (Wildman–Crippen LogP) is 1.34. The van der Waals surface area contributed by atoms with Crippen LogP contribution >= 0.6 is 11.8 Å². The maximum atomic E-state index is 11.8. The standard InChI is InChI=1S/C13H16N6OS/c14-8-2-1-3-9(6-8)17-12(20)4-5-21-13-18-10(15)7-11(16)19-13/h1-3,6-7H,4-5,14H2,(H,17,20)(H4,15,16,18,19). The molecular weight excluding hydrogens is 288 g/mol. The number of nitrogens with one attached hydrogen (secondary N) is 1. The van der Waals surface area contributed by atoms with Crippen molar-refractivity contribution in [3.8, 4) is 0 Å². The monoisotopic (exact) mass is 304 g/mol. The Bertz CT molecular complexity index is 628. The quantitative estimate of drug-likeness (QED) is 0.372. The molecule has 1 aromatic carbocycles. The van der Waals surface area contributed by atoms with E-state index in [1.807, 2.05) is 0 Å². The number of carbonyl (C=O) groups is 1. The molecule has 0 fully saturated rings. The van der Waals surface area contributed by atoms with Crippen LogP contribution in [0.2, 0.25) is 0 Å². The summed E-state index contributed by atoms with van der Waals surface area (Å²) in [6.07, 6.45) is 0.317. The first-order valence-corrected chi connectivity index (χ1v) is 7.20. The SMILES string of the molecule is Nc1cccc(NC(=O)CCSc2nc(N)cc(N)n2)c1. The first kappa shape index (κ1) is 14.9. The third-order valence-electron chi connectivity index (χ3n) is 2.48. The maximum Gasteiger partial charge on any atom is 0.225 e. The molecule has 0 saturated carbocycles. The van der Waals surface area contributed by atoms with Crippen LogP contribution in [-0.4, -0.2) is 21.6 Å². The molecule has 2 rings (SSSR count). The number of benzene rings is 1. The van der Waals surface area contributed by atoms with Gasteiger partial charge in [-0.15, -0.1) is 0 Å². The predicted molar refractivity (Wildman–Crippen MR) is 85.7 cm³/mol. The van der Waals surface area contributed by atoms with Gasteiger partial charge in [-0.2, -0.15) is 0 Å². The van der Waals surface area contributed by atoms with E-state index in [2.05, 4.69) is 15.3 Å². The second-order valence-electron chi connectivity index (χ2n) is 4.27. The van der Waals surface area contributed by atoms with Crippen molar-refractivity contribution < 1.29 is 4.79 Å². The Kier molecular flexibility index (Phi) is 4.83. The van der Waals surface area contributed by atoms with Crippen LogP contribution in [0.3, 0.4) is 0 Å². The van der Waals surface area contributed by atoms with Gasteiger partial charge >= 0.3 is 0 Å². The number of hydrogen-bond donors (Lipinski definition) is 4. The van der Waals surface area contributed by atoms with Gasteiger partial charge in [-0.1, -0.05) is 17.8 Å². The van der Waals surface area contributed by atoms with E-state index >= 15 is 0 Å². The number of nitrogens with two attached hydrogens (primary N) is 3. The molecule has 0 saturated heterocycles. The lowest BCUT2D eigenvalue weighted by atomic mass is 10.3. The topological polar surface area (TPSA) is 133 Å². The smallest absolute Gasteiger partial charge is 0.225 e. The highest BCUT2D eigenvalue weighted by molar-refractivity contribution is 7.99. The molecule has 1 heterocycles. The fourth-order valence-corrected chi connectivity index (χ4v) is 2.41. The van der Waals surface area contributed by atoms with Crippen molar-refractivity contribution in [2.24, 2.45) is 0 Å². The molecule has 0 atom stereocenters. The molecule has 0 aliphatic carbocycles. The molecule has 0 aliphatic heterocycles. The minimum atomic E-state index is -0.107. The van der Waals surface area contributed by atoms with Crippen molar-refractivity contribution in [2.45, 2.75) is 11.6 Å². The Morgan fingerprint density at radius 3 is 2.52 bits per heavy atom. The average Bonchev–Trinajstić information content (AvgIpc) is 2.37. The van der Waals surface area contributed by atoms with Gasteiger partial charge in [-0.25, -0.2) is 9.97 Å². The van der Waals surface area contributed by atoms with Gasteiger partial charge in [0.2, 0.25) is 5.91 Å². The summed E-state index contributed by atoms with van der Waals surface area (Å²) < 4.78 is 0. The van der Waals surface area contributed by atoms with E-state index in [9.17, 15) is 4.79 Å². The highest BCUT2D eigenvalue weighted by Gasteiger charge is 2.06. The van der Waals surface area contributed by atoms with Gasteiger partial charge in [-0.3, -0.25) is 4.79 Å². The van der Waals surface area contributed by atoms with Gasteiger partial charge in [0.15, 0.2) is 5.16 Å².